The van der Waals surface area contributed by atoms with Gasteiger partial charge in [-0.25, -0.2) is 19.9 Å². The Labute approximate surface area is 603 Å². The highest BCUT2D eigenvalue weighted by molar-refractivity contribution is 6.12. The number of aromatic nitrogens is 8. The van der Waals surface area contributed by atoms with Gasteiger partial charge in [-0.05, 0) is 186 Å². The second-order valence-electron chi connectivity index (χ2n) is 30.0. The summed E-state index contributed by atoms with van der Waals surface area (Å²) in [5.74, 6) is -0.322. The third-order valence-electron chi connectivity index (χ3n) is 20.9. The van der Waals surface area contributed by atoms with E-state index in [0.29, 0.717) is 35.6 Å². The Hall–Kier alpha value is -10.7. The van der Waals surface area contributed by atoms with Crippen LogP contribution in [0.25, 0.3) is 133 Å². The molecule has 12 aromatic heterocycles. The molecule has 4 aliphatic rings. The molecule has 102 heavy (non-hydrogen) atoms. The van der Waals surface area contributed by atoms with Gasteiger partial charge < -0.3 is 17.7 Å². The van der Waals surface area contributed by atoms with Gasteiger partial charge in [-0.15, -0.1) is 0 Å². The SMILES string of the molecule is Cc1cc2[n+](cc1CC(C)C)Cc1ccc3c(oc4ncccc43)c1-2.Cc1ccc2c(n1)oc1c3c(ccc12)C[n+]1cc(CC(C)C)c(C)cc1-3.Cc1ccc2c(n1)oc1c3c(ccc12)C[n+]1cc(CC(C)C)c(C)cc1-3.[2H]C([2H])([2H])C([2H])(C)C([2H])([2H])c1c[n+]2c(cc1C)-c1c(ccc3c1oc1ncccc13)C2. The lowest BCUT2D eigenvalue weighted by Crippen LogP contribution is -2.33. The Morgan fingerprint density at radius 2 is 0.676 bits per heavy atom. The molecule has 12 nitrogen and oxygen atoms in total. The lowest BCUT2D eigenvalue weighted by atomic mass is 9.98. The maximum atomic E-state index is 8.57. The molecule has 0 N–H and O–H groups in total. The van der Waals surface area contributed by atoms with E-state index in [9.17, 15) is 0 Å². The maximum Gasteiger partial charge on any atom is 0.227 e. The molecule has 1 unspecified atom stereocenters. The van der Waals surface area contributed by atoms with E-state index >= 15 is 0 Å². The monoisotopic (exact) mass is 1350 g/mol. The van der Waals surface area contributed by atoms with Gasteiger partial charge in [0.05, 0.1) is 22.3 Å². The number of rotatable bonds is 8. The van der Waals surface area contributed by atoms with E-state index in [2.05, 4.69) is 199 Å². The summed E-state index contributed by atoms with van der Waals surface area (Å²) in [5.41, 5.74) is 31.9. The van der Waals surface area contributed by atoms with Crippen LogP contribution in [0.4, 0.5) is 0 Å². The fourth-order valence-electron chi connectivity index (χ4n) is 16.1. The molecule has 0 amide bonds. The van der Waals surface area contributed by atoms with Crippen molar-refractivity contribution in [1.82, 2.24) is 19.9 Å². The molecular formula is C90H88N8O4+4. The number of aryl methyl sites for hydroxylation is 6. The average Bonchev–Trinajstić information content (AvgIpc) is 1.32. The predicted octanol–water partition coefficient (Wildman–Crippen LogP) is 19.8. The molecule has 0 bridgehead atoms. The van der Waals surface area contributed by atoms with Crippen LogP contribution in [0.2, 0.25) is 0 Å². The molecule has 1 atom stereocenters. The zero-order valence-electron chi connectivity index (χ0n) is 66.4. The first-order valence-electron chi connectivity index (χ1n) is 38.9. The normalized spacial score (nSPS) is 14.7. The summed E-state index contributed by atoms with van der Waals surface area (Å²) in [7, 11) is 0. The molecule has 0 saturated heterocycles. The molecule has 4 aromatic carbocycles. The maximum absolute atomic E-state index is 8.57. The average molecular weight is 1350 g/mol. The fraction of sp³-hybridized carbons (Fsp3) is 0.289. The Morgan fingerprint density at radius 1 is 0.382 bits per heavy atom. The molecule has 0 radical (unpaired) electrons. The van der Waals surface area contributed by atoms with E-state index in [-0.39, 0.29) is 5.56 Å². The molecule has 508 valence electrons. The lowest BCUT2D eigenvalue weighted by Gasteiger charge is -2.07. The van der Waals surface area contributed by atoms with Gasteiger partial charge in [-0.1, -0.05) is 79.6 Å². The van der Waals surface area contributed by atoms with E-state index in [4.69, 9.17) is 25.9 Å². The Balaban J connectivity index is 0.000000106. The zero-order valence-corrected chi connectivity index (χ0v) is 60.4. The van der Waals surface area contributed by atoms with E-state index in [1.54, 1.807) is 25.5 Å². The highest BCUT2D eigenvalue weighted by Gasteiger charge is 2.37. The minimum Gasteiger partial charge on any atom is -0.437 e. The van der Waals surface area contributed by atoms with Gasteiger partial charge in [0.2, 0.25) is 45.6 Å². The van der Waals surface area contributed by atoms with Crippen molar-refractivity contribution in [3.8, 4) is 45.0 Å². The Kier molecular flexibility index (Phi) is 14.3. The highest BCUT2D eigenvalue weighted by Crippen LogP contribution is 2.44. The van der Waals surface area contributed by atoms with Crippen LogP contribution in [0.1, 0.15) is 142 Å². The summed E-state index contributed by atoms with van der Waals surface area (Å²) in [6, 6.07) is 42.4. The third-order valence-corrected chi connectivity index (χ3v) is 20.9. The van der Waals surface area contributed by atoms with Crippen molar-refractivity contribution in [2.24, 2.45) is 23.6 Å². The third kappa shape index (κ3) is 11.2. The van der Waals surface area contributed by atoms with Crippen molar-refractivity contribution in [2.75, 3.05) is 0 Å². The summed E-state index contributed by atoms with van der Waals surface area (Å²) in [4.78, 5) is 17.9. The molecule has 4 aliphatic heterocycles. The van der Waals surface area contributed by atoms with Crippen molar-refractivity contribution in [3.05, 3.63) is 237 Å². The summed E-state index contributed by atoms with van der Waals surface area (Å²) in [6.07, 6.45) is 13.1. The van der Waals surface area contributed by atoms with Gasteiger partial charge in [0, 0.05) is 144 Å². The Morgan fingerprint density at radius 3 is 1.00 bits per heavy atom. The second-order valence-corrected chi connectivity index (χ2v) is 30.0. The molecule has 20 rings (SSSR count). The summed E-state index contributed by atoms with van der Waals surface area (Å²) < 4.78 is 82.3. The number of fused-ring (bicyclic) bond motifs is 28. The zero-order chi connectivity index (χ0) is 75.5. The molecule has 16 heterocycles. The minimum absolute atomic E-state index is 0.209. The first kappa shape index (κ1) is 58.0. The number of nitrogens with zero attached hydrogens (tertiary/aromatic N) is 8. The van der Waals surface area contributed by atoms with E-state index in [1.807, 2.05) is 54.8 Å². The van der Waals surface area contributed by atoms with Crippen LogP contribution in [-0.2, 0) is 51.8 Å². The molecule has 12 heteroatoms. The van der Waals surface area contributed by atoms with Gasteiger partial charge in [0.25, 0.3) is 0 Å². The van der Waals surface area contributed by atoms with Crippen molar-refractivity contribution < 1.29 is 44.2 Å². The summed E-state index contributed by atoms with van der Waals surface area (Å²) in [5, 5.41) is 8.65. The molecular weight excluding hydrogens is 1260 g/mol. The van der Waals surface area contributed by atoms with E-state index < -0.39 is 19.1 Å². The second kappa shape index (κ2) is 25.1. The number of hydrogen-bond acceptors (Lipinski definition) is 8. The molecule has 0 spiro atoms. The van der Waals surface area contributed by atoms with Gasteiger partial charge in [-0.2, -0.15) is 18.3 Å². The predicted molar refractivity (Wildman–Crippen MR) is 408 cm³/mol. The van der Waals surface area contributed by atoms with Crippen molar-refractivity contribution in [3.63, 3.8) is 0 Å². The minimum atomic E-state index is -2.77. The van der Waals surface area contributed by atoms with Crippen LogP contribution in [0.5, 0.6) is 0 Å². The highest BCUT2D eigenvalue weighted by atomic mass is 16.4. The fourth-order valence-corrected chi connectivity index (χ4v) is 16.1. The standard InChI is InChI=1S/2C23H23N2O.2C22H21N2O/c2*1-13(2)9-17-12-25-11-16-6-8-18-19-7-5-15(4)24-23(19)26-22(18)21(16)20(25)10-14(17)3;2*1-13(2)9-16-12-24-11-15-6-7-17-18-5-4-8-23-22(18)25-21(17)20(15)19(24)10-14(16)3/h2*5-8,10,12-13H,9,11H2,1-4H3;2*4-8,10,12-13H,9,11H2,1-3H3/q4*+1/i;;1D3,9D2,13D;. The van der Waals surface area contributed by atoms with Gasteiger partial charge >= 0.3 is 0 Å². The summed E-state index contributed by atoms with van der Waals surface area (Å²) in [6.45, 7) is 27.7. The Bertz CT molecular complexity index is 6240. The largest absolute Gasteiger partial charge is 0.437 e. The van der Waals surface area contributed by atoms with Gasteiger partial charge in [0.15, 0.2) is 73.3 Å². The van der Waals surface area contributed by atoms with Gasteiger partial charge in [-0.3, -0.25) is 0 Å². The number of benzene rings is 4. The smallest absolute Gasteiger partial charge is 0.227 e. The number of furan rings is 4. The number of pyridine rings is 8. The van der Waals surface area contributed by atoms with Crippen molar-refractivity contribution >= 4 is 88.3 Å². The summed E-state index contributed by atoms with van der Waals surface area (Å²) >= 11 is 0. The van der Waals surface area contributed by atoms with Crippen molar-refractivity contribution in [1.29, 1.82) is 0 Å². The van der Waals surface area contributed by atoms with Crippen LogP contribution >= 0.6 is 0 Å². The van der Waals surface area contributed by atoms with Crippen LogP contribution in [-0.4, -0.2) is 19.9 Å². The lowest BCUT2D eigenvalue weighted by molar-refractivity contribution is -0.672. The van der Waals surface area contributed by atoms with Crippen LogP contribution in [0.3, 0.4) is 0 Å². The first-order chi connectivity index (χ1) is 51.6. The number of hydrogen-bond donors (Lipinski definition) is 0. The quantitative estimate of drug-likeness (QED) is 0.138. The molecule has 0 saturated carbocycles. The van der Waals surface area contributed by atoms with Crippen LogP contribution < -0.4 is 18.3 Å². The van der Waals surface area contributed by atoms with E-state index in [1.165, 1.54) is 83.8 Å². The topological polar surface area (TPSA) is 120 Å². The molecule has 16 aromatic rings. The van der Waals surface area contributed by atoms with Crippen molar-refractivity contribution in [2.45, 2.75) is 149 Å². The van der Waals surface area contributed by atoms with Gasteiger partial charge in [0.1, 0.15) is 0 Å². The first-order valence-corrected chi connectivity index (χ1v) is 35.9. The molecule has 0 fully saturated rings. The van der Waals surface area contributed by atoms with Crippen LogP contribution in [0, 0.1) is 65.2 Å². The molecule has 0 aliphatic carbocycles. The van der Waals surface area contributed by atoms with E-state index in [0.717, 1.165) is 157 Å². The van der Waals surface area contributed by atoms with Crippen LogP contribution in [0.15, 0.2) is 176 Å².